The first-order valence-electron chi connectivity index (χ1n) is 6.17. The fourth-order valence-electron chi connectivity index (χ4n) is 2.13. The zero-order chi connectivity index (χ0) is 12.4. The first-order valence-corrected chi connectivity index (χ1v) is 6.71. The molecule has 1 aliphatic rings. The van der Waals surface area contributed by atoms with Gasteiger partial charge in [-0.1, -0.05) is 6.07 Å². The lowest BCUT2D eigenvalue weighted by Crippen LogP contribution is -2.26. The molecule has 2 heterocycles. The fraction of sp³-hybridized carbons (Fsp3) is 0.357. The van der Waals surface area contributed by atoms with Gasteiger partial charge in [0, 0.05) is 17.8 Å². The maximum Gasteiger partial charge on any atom is 0.133 e. The van der Waals surface area contributed by atoms with Crippen molar-refractivity contribution in [2.45, 2.75) is 31.3 Å². The summed E-state index contributed by atoms with van der Waals surface area (Å²) in [4.78, 5) is 6.79. The molecule has 0 atom stereocenters. The van der Waals surface area contributed by atoms with Crippen LogP contribution in [0, 0.1) is 0 Å². The van der Waals surface area contributed by atoms with Crippen molar-refractivity contribution in [1.82, 2.24) is 4.98 Å². The molecule has 3 rings (SSSR count). The molecule has 94 valence electrons. The van der Waals surface area contributed by atoms with E-state index in [1.807, 2.05) is 30.5 Å². The van der Waals surface area contributed by atoms with Gasteiger partial charge in [-0.25, -0.2) is 4.98 Å². The van der Waals surface area contributed by atoms with Crippen LogP contribution in [-0.2, 0) is 12.4 Å². The summed E-state index contributed by atoms with van der Waals surface area (Å²) in [5.41, 5.74) is 1.08. The highest BCUT2D eigenvalue weighted by Gasteiger charge is 2.31. The summed E-state index contributed by atoms with van der Waals surface area (Å²) in [6.07, 6.45) is 5.97. The monoisotopic (exact) mass is 262 g/mol. The molecule has 3 nitrogen and oxygen atoms in total. The fourth-order valence-corrected chi connectivity index (χ4v) is 2.34. The molecule has 0 amide bonds. The maximum absolute atomic E-state index is 5.99. The summed E-state index contributed by atoms with van der Waals surface area (Å²) >= 11 is 5.99. The molecule has 0 aliphatic heterocycles. The molecule has 0 spiro atoms. The van der Waals surface area contributed by atoms with Gasteiger partial charge in [0.1, 0.15) is 11.6 Å². The highest BCUT2D eigenvalue weighted by Crippen LogP contribution is 2.34. The minimum absolute atomic E-state index is 0.491. The molecule has 0 radical (unpaired) electrons. The van der Waals surface area contributed by atoms with Crippen LogP contribution < -0.4 is 4.90 Å². The number of pyridine rings is 1. The predicted octanol–water partition coefficient (Wildman–Crippen LogP) is 3.58. The van der Waals surface area contributed by atoms with E-state index < -0.39 is 0 Å². The van der Waals surface area contributed by atoms with Crippen LogP contribution in [0.1, 0.15) is 24.2 Å². The first kappa shape index (κ1) is 11.6. The summed E-state index contributed by atoms with van der Waals surface area (Å²) in [7, 11) is 0. The Morgan fingerprint density at radius 2 is 2.22 bits per heavy atom. The molecule has 0 bridgehead atoms. The molecular weight excluding hydrogens is 248 g/mol. The Morgan fingerprint density at radius 1 is 1.33 bits per heavy atom. The average Bonchev–Trinajstić information content (AvgIpc) is 3.13. The number of alkyl halides is 1. The van der Waals surface area contributed by atoms with Crippen LogP contribution in [0.25, 0.3) is 0 Å². The van der Waals surface area contributed by atoms with Crippen LogP contribution in [0.2, 0.25) is 0 Å². The van der Waals surface area contributed by atoms with Gasteiger partial charge in [0.2, 0.25) is 0 Å². The van der Waals surface area contributed by atoms with Gasteiger partial charge in [0.15, 0.2) is 0 Å². The summed E-state index contributed by atoms with van der Waals surface area (Å²) in [6, 6.07) is 8.46. The number of halogens is 1. The van der Waals surface area contributed by atoms with Gasteiger partial charge in [-0.3, -0.25) is 0 Å². The van der Waals surface area contributed by atoms with Crippen LogP contribution in [0.3, 0.4) is 0 Å². The van der Waals surface area contributed by atoms with E-state index in [0.29, 0.717) is 11.9 Å². The van der Waals surface area contributed by atoms with Gasteiger partial charge in [0.05, 0.1) is 18.7 Å². The quantitative estimate of drug-likeness (QED) is 0.772. The molecule has 2 aromatic rings. The summed E-state index contributed by atoms with van der Waals surface area (Å²) < 4.78 is 5.43. The Balaban J connectivity index is 1.89. The van der Waals surface area contributed by atoms with Crippen molar-refractivity contribution in [2.75, 3.05) is 4.90 Å². The van der Waals surface area contributed by atoms with Gasteiger partial charge in [-0.2, -0.15) is 0 Å². The summed E-state index contributed by atoms with van der Waals surface area (Å²) in [6.45, 7) is 0.762. The number of furan rings is 1. The molecule has 1 fully saturated rings. The van der Waals surface area contributed by atoms with Crippen LogP contribution in [0.5, 0.6) is 0 Å². The van der Waals surface area contributed by atoms with Crippen LogP contribution in [0.4, 0.5) is 5.82 Å². The van der Waals surface area contributed by atoms with Crippen molar-refractivity contribution < 1.29 is 4.42 Å². The normalized spacial score (nSPS) is 14.7. The standard InChI is InChI=1S/C14H15ClN2O/c15-9-11-3-1-7-16-14(11)17(12-5-6-12)10-13-4-2-8-18-13/h1-4,7-8,12H,5-6,9-10H2. The second-order valence-corrected chi connectivity index (χ2v) is 4.83. The minimum Gasteiger partial charge on any atom is -0.467 e. The summed E-state index contributed by atoms with van der Waals surface area (Å²) in [5.74, 6) is 2.45. The van der Waals surface area contributed by atoms with Gasteiger partial charge in [0.25, 0.3) is 0 Å². The average molecular weight is 263 g/mol. The van der Waals surface area contributed by atoms with Crippen molar-refractivity contribution in [2.24, 2.45) is 0 Å². The summed E-state index contributed by atoms with van der Waals surface area (Å²) in [5, 5.41) is 0. The third kappa shape index (κ3) is 2.36. The Bertz CT molecular complexity index is 508. The minimum atomic E-state index is 0.491. The number of aromatic nitrogens is 1. The molecule has 0 aromatic carbocycles. The molecule has 1 saturated carbocycles. The second kappa shape index (κ2) is 5.02. The van der Waals surface area contributed by atoms with E-state index in [9.17, 15) is 0 Å². The first-order chi connectivity index (χ1) is 8.88. The van der Waals surface area contributed by atoms with E-state index in [1.165, 1.54) is 12.8 Å². The van der Waals surface area contributed by atoms with E-state index in [2.05, 4.69) is 9.88 Å². The van der Waals surface area contributed by atoms with Gasteiger partial charge in [-0.05, 0) is 31.0 Å². The van der Waals surface area contributed by atoms with E-state index in [4.69, 9.17) is 16.0 Å². The molecule has 0 saturated heterocycles. The third-order valence-corrected chi connectivity index (χ3v) is 3.47. The Kier molecular flexibility index (Phi) is 3.24. The molecule has 4 heteroatoms. The second-order valence-electron chi connectivity index (χ2n) is 4.56. The van der Waals surface area contributed by atoms with E-state index in [-0.39, 0.29) is 0 Å². The zero-order valence-electron chi connectivity index (χ0n) is 10.1. The highest BCUT2D eigenvalue weighted by atomic mass is 35.5. The van der Waals surface area contributed by atoms with Crippen molar-refractivity contribution in [3.63, 3.8) is 0 Å². The van der Waals surface area contributed by atoms with Gasteiger partial charge >= 0.3 is 0 Å². The lowest BCUT2D eigenvalue weighted by Gasteiger charge is -2.24. The van der Waals surface area contributed by atoms with E-state index in [0.717, 1.165) is 23.7 Å². The number of hydrogen-bond acceptors (Lipinski definition) is 3. The Hall–Kier alpha value is -1.48. The van der Waals surface area contributed by atoms with Crippen molar-refractivity contribution in [1.29, 1.82) is 0 Å². The van der Waals surface area contributed by atoms with Crippen molar-refractivity contribution in [3.05, 3.63) is 48.0 Å². The highest BCUT2D eigenvalue weighted by molar-refractivity contribution is 6.17. The number of rotatable bonds is 5. The van der Waals surface area contributed by atoms with E-state index in [1.54, 1.807) is 6.26 Å². The molecular formula is C14H15ClN2O. The predicted molar refractivity (Wildman–Crippen MR) is 71.7 cm³/mol. The largest absolute Gasteiger partial charge is 0.467 e. The lowest BCUT2D eigenvalue weighted by atomic mass is 10.2. The number of nitrogens with zero attached hydrogens (tertiary/aromatic N) is 2. The van der Waals surface area contributed by atoms with E-state index >= 15 is 0 Å². The maximum atomic E-state index is 5.99. The van der Waals surface area contributed by atoms with Crippen molar-refractivity contribution >= 4 is 17.4 Å². The smallest absolute Gasteiger partial charge is 0.133 e. The zero-order valence-corrected chi connectivity index (χ0v) is 10.8. The van der Waals surface area contributed by atoms with Gasteiger partial charge in [-0.15, -0.1) is 11.6 Å². The molecule has 0 N–H and O–H groups in total. The SMILES string of the molecule is ClCc1cccnc1N(Cc1ccco1)C1CC1. The molecule has 0 unspecified atom stereocenters. The number of hydrogen-bond donors (Lipinski definition) is 0. The lowest BCUT2D eigenvalue weighted by molar-refractivity contribution is 0.500. The van der Waals surface area contributed by atoms with Crippen LogP contribution >= 0.6 is 11.6 Å². The third-order valence-electron chi connectivity index (χ3n) is 3.18. The topological polar surface area (TPSA) is 29.3 Å². The Morgan fingerprint density at radius 3 is 2.89 bits per heavy atom. The molecule has 2 aromatic heterocycles. The van der Waals surface area contributed by atoms with Crippen molar-refractivity contribution in [3.8, 4) is 0 Å². The van der Waals surface area contributed by atoms with Crippen LogP contribution in [-0.4, -0.2) is 11.0 Å². The molecule has 1 aliphatic carbocycles. The molecule has 18 heavy (non-hydrogen) atoms. The van der Waals surface area contributed by atoms with Crippen LogP contribution in [0.15, 0.2) is 41.1 Å². The number of anilines is 1. The Labute approximate surface area is 111 Å². The van der Waals surface area contributed by atoms with Gasteiger partial charge < -0.3 is 9.32 Å².